The van der Waals surface area contributed by atoms with Crippen LogP contribution in [0.15, 0.2) is 82.2 Å². The molecule has 1 aromatic heterocycles. The first-order chi connectivity index (χ1) is 14.9. The Bertz CT molecular complexity index is 1440. The third-order valence-electron chi connectivity index (χ3n) is 4.82. The van der Waals surface area contributed by atoms with Crippen molar-refractivity contribution < 1.29 is 17.9 Å². The number of thiazole rings is 1. The van der Waals surface area contributed by atoms with E-state index in [2.05, 4.69) is 4.40 Å². The molecular formula is C23H20N2O4S2. The molecule has 8 heteroatoms. The van der Waals surface area contributed by atoms with Gasteiger partial charge in [-0.15, -0.1) is 15.7 Å². The van der Waals surface area contributed by atoms with E-state index in [1.807, 2.05) is 60.2 Å². The van der Waals surface area contributed by atoms with E-state index >= 15 is 0 Å². The molecule has 6 nitrogen and oxygen atoms in total. The summed E-state index contributed by atoms with van der Waals surface area (Å²) < 4.78 is 36.8. The molecule has 0 aliphatic heterocycles. The van der Waals surface area contributed by atoms with Crippen molar-refractivity contribution in [3.8, 4) is 0 Å². The van der Waals surface area contributed by atoms with Crippen LogP contribution in [-0.2, 0) is 21.3 Å². The Morgan fingerprint density at radius 1 is 1.03 bits per heavy atom. The molecule has 3 aromatic carbocycles. The van der Waals surface area contributed by atoms with Crippen molar-refractivity contribution in [1.82, 2.24) is 4.57 Å². The van der Waals surface area contributed by atoms with E-state index in [1.54, 1.807) is 12.1 Å². The van der Waals surface area contributed by atoms with E-state index in [4.69, 9.17) is 4.74 Å². The van der Waals surface area contributed by atoms with Crippen LogP contribution < -0.4 is 4.80 Å². The first-order valence-electron chi connectivity index (χ1n) is 9.51. The summed E-state index contributed by atoms with van der Waals surface area (Å²) in [6, 6.07) is 20.0. The fourth-order valence-electron chi connectivity index (χ4n) is 3.42. The van der Waals surface area contributed by atoms with Crippen LogP contribution in [0.2, 0.25) is 0 Å². The van der Waals surface area contributed by atoms with Crippen LogP contribution in [0.25, 0.3) is 10.8 Å². The van der Waals surface area contributed by atoms with Gasteiger partial charge in [0, 0.05) is 11.1 Å². The average Bonchev–Trinajstić information content (AvgIpc) is 3.11. The van der Waals surface area contributed by atoms with Gasteiger partial charge in [0.25, 0.3) is 10.0 Å². The standard InChI is InChI=1S/C23H20N2O4S2/c1-16-14-25(15-18-10-7-9-17-8-3-4-11-19(17)18)23(30-16)24-31(27,28)21-13-6-5-12-20(21)22(26)29-2/h3-14H,15H2,1-2H3. The van der Waals surface area contributed by atoms with Crippen molar-refractivity contribution in [3.63, 3.8) is 0 Å². The third-order valence-corrected chi connectivity index (χ3v) is 7.20. The zero-order chi connectivity index (χ0) is 22.0. The number of sulfonamides is 1. The lowest BCUT2D eigenvalue weighted by molar-refractivity contribution is 0.0596. The highest BCUT2D eigenvalue weighted by molar-refractivity contribution is 7.90. The number of methoxy groups -OCH3 is 1. The van der Waals surface area contributed by atoms with Crippen molar-refractivity contribution in [2.75, 3.05) is 7.11 Å². The van der Waals surface area contributed by atoms with Gasteiger partial charge in [0.05, 0.1) is 19.2 Å². The van der Waals surface area contributed by atoms with Gasteiger partial charge >= 0.3 is 5.97 Å². The monoisotopic (exact) mass is 452 g/mol. The summed E-state index contributed by atoms with van der Waals surface area (Å²) >= 11 is 1.28. The van der Waals surface area contributed by atoms with Gasteiger partial charge in [0.1, 0.15) is 4.90 Å². The van der Waals surface area contributed by atoms with Crippen LogP contribution in [0, 0.1) is 6.92 Å². The molecule has 31 heavy (non-hydrogen) atoms. The zero-order valence-corrected chi connectivity index (χ0v) is 18.6. The molecule has 0 aliphatic carbocycles. The predicted octanol–water partition coefficient (Wildman–Crippen LogP) is 4.14. The Labute approximate surface area is 184 Å². The lowest BCUT2D eigenvalue weighted by atomic mass is 10.0. The second-order valence-corrected chi connectivity index (χ2v) is 9.73. The van der Waals surface area contributed by atoms with Crippen molar-refractivity contribution in [1.29, 1.82) is 0 Å². The van der Waals surface area contributed by atoms with Crippen LogP contribution in [0.1, 0.15) is 20.8 Å². The van der Waals surface area contributed by atoms with Gasteiger partial charge < -0.3 is 9.30 Å². The molecule has 4 aromatic rings. The lowest BCUT2D eigenvalue weighted by Gasteiger charge is -2.08. The van der Waals surface area contributed by atoms with Gasteiger partial charge in [-0.05, 0) is 35.4 Å². The van der Waals surface area contributed by atoms with Crippen LogP contribution in [0.5, 0.6) is 0 Å². The number of aryl methyl sites for hydroxylation is 1. The minimum Gasteiger partial charge on any atom is -0.465 e. The molecule has 0 saturated carbocycles. The van der Waals surface area contributed by atoms with Crippen LogP contribution in [0.3, 0.4) is 0 Å². The summed E-state index contributed by atoms with van der Waals surface area (Å²) in [7, 11) is -2.92. The number of rotatable bonds is 5. The zero-order valence-electron chi connectivity index (χ0n) is 17.0. The maximum atomic E-state index is 13.1. The molecule has 0 radical (unpaired) electrons. The molecular weight excluding hydrogens is 432 g/mol. The molecule has 4 rings (SSSR count). The SMILES string of the molecule is COC(=O)c1ccccc1S(=O)(=O)N=c1sc(C)cn1Cc1cccc2ccccc12. The fourth-order valence-corrected chi connectivity index (χ4v) is 5.66. The highest BCUT2D eigenvalue weighted by Gasteiger charge is 2.22. The number of carbonyl (C=O) groups is 1. The summed E-state index contributed by atoms with van der Waals surface area (Å²) in [5.74, 6) is -0.722. The summed E-state index contributed by atoms with van der Waals surface area (Å²) in [6.45, 7) is 2.37. The van der Waals surface area contributed by atoms with Crippen LogP contribution >= 0.6 is 11.3 Å². The van der Waals surface area contributed by atoms with Gasteiger partial charge in [0.15, 0.2) is 0 Å². The molecule has 0 unspecified atom stereocenters. The summed E-state index contributed by atoms with van der Waals surface area (Å²) in [5, 5.41) is 2.22. The lowest BCUT2D eigenvalue weighted by Crippen LogP contribution is -2.18. The maximum Gasteiger partial charge on any atom is 0.339 e. The number of nitrogens with zero attached hydrogens (tertiary/aromatic N) is 2. The van der Waals surface area contributed by atoms with Crippen LogP contribution in [0.4, 0.5) is 0 Å². The van der Waals surface area contributed by atoms with E-state index in [1.165, 1.54) is 30.6 Å². The molecule has 0 bridgehead atoms. The summed E-state index contributed by atoms with van der Waals surface area (Å²) in [4.78, 5) is 13.1. The quantitative estimate of drug-likeness (QED) is 0.427. The number of fused-ring (bicyclic) bond motifs is 1. The fraction of sp³-hybridized carbons (Fsp3) is 0.130. The third kappa shape index (κ3) is 4.30. The average molecular weight is 453 g/mol. The second-order valence-electron chi connectivity index (χ2n) is 6.94. The Kier molecular flexibility index (Phi) is 5.75. The van der Waals surface area contributed by atoms with Crippen molar-refractivity contribution in [2.24, 2.45) is 4.40 Å². The Morgan fingerprint density at radius 3 is 2.55 bits per heavy atom. The van der Waals surface area contributed by atoms with Crippen molar-refractivity contribution in [2.45, 2.75) is 18.4 Å². The number of hydrogen-bond acceptors (Lipinski definition) is 5. The first kappa shape index (κ1) is 21.0. The molecule has 0 N–H and O–H groups in total. The van der Waals surface area contributed by atoms with Gasteiger partial charge in [0.2, 0.25) is 4.80 Å². The Hall–Kier alpha value is -3.23. The summed E-state index contributed by atoms with van der Waals surface area (Å²) in [5.41, 5.74) is 1.02. The van der Waals surface area contributed by atoms with Gasteiger partial charge in [-0.3, -0.25) is 0 Å². The van der Waals surface area contributed by atoms with E-state index in [-0.39, 0.29) is 10.5 Å². The number of benzene rings is 3. The minimum atomic E-state index is -4.13. The van der Waals surface area contributed by atoms with Crippen molar-refractivity contribution in [3.05, 3.63) is 93.7 Å². The largest absolute Gasteiger partial charge is 0.465 e. The number of hydrogen-bond donors (Lipinski definition) is 0. The Morgan fingerprint density at radius 2 is 1.74 bits per heavy atom. The van der Waals surface area contributed by atoms with E-state index in [9.17, 15) is 13.2 Å². The first-order valence-corrected chi connectivity index (χ1v) is 11.8. The van der Waals surface area contributed by atoms with Gasteiger partial charge in [-0.2, -0.15) is 8.42 Å². The Balaban J connectivity index is 1.81. The summed E-state index contributed by atoms with van der Waals surface area (Å²) in [6.07, 6.45) is 1.88. The highest BCUT2D eigenvalue weighted by Crippen LogP contribution is 2.21. The number of ether oxygens (including phenoxy) is 1. The topological polar surface area (TPSA) is 77.7 Å². The van der Waals surface area contributed by atoms with Gasteiger partial charge in [-0.25, -0.2) is 4.79 Å². The molecule has 0 aliphatic rings. The highest BCUT2D eigenvalue weighted by atomic mass is 32.2. The molecule has 1 heterocycles. The normalized spacial score (nSPS) is 12.3. The molecule has 158 valence electrons. The van der Waals surface area contributed by atoms with E-state index < -0.39 is 16.0 Å². The van der Waals surface area contributed by atoms with E-state index in [0.717, 1.165) is 21.2 Å². The maximum absolute atomic E-state index is 13.1. The smallest absolute Gasteiger partial charge is 0.339 e. The minimum absolute atomic E-state index is 0.0392. The molecule has 0 fully saturated rings. The van der Waals surface area contributed by atoms with E-state index in [0.29, 0.717) is 11.3 Å². The molecule has 0 spiro atoms. The van der Waals surface area contributed by atoms with Crippen molar-refractivity contribution >= 4 is 38.1 Å². The molecule has 0 amide bonds. The second kappa shape index (κ2) is 8.49. The molecule has 0 atom stereocenters. The predicted molar refractivity (Wildman–Crippen MR) is 121 cm³/mol. The number of aromatic nitrogens is 1. The molecule has 0 saturated heterocycles. The van der Waals surface area contributed by atoms with Crippen LogP contribution in [-0.4, -0.2) is 26.1 Å². The number of carbonyl (C=O) groups excluding carboxylic acids is 1. The number of esters is 1. The van der Waals surface area contributed by atoms with Gasteiger partial charge in [-0.1, -0.05) is 54.6 Å².